The van der Waals surface area contributed by atoms with Gasteiger partial charge in [-0.3, -0.25) is 9.97 Å². The molecule has 0 aliphatic rings. The molecule has 0 N–H and O–H groups in total. The summed E-state index contributed by atoms with van der Waals surface area (Å²) in [6.07, 6.45) is 3.74. The lowest BCUT2D eigenvalue weighted by molar-refractivity contribution is 1.37. The zero-order chi connectivity index (χ0) is 13.4. The van der Waals surface area contributed by atoms with E-state index in [4.69, 9.17) is 0 Å². The van der Waals surface area contributed by atoms with Crippen molar-refractivity contribution in [3.8, 4) is 11.1 Å². The van der Waals surface area contributed by atoms with Crippen LogP contribution in [0.4, 0.5) is 0 Å². The van der Waals surface area contributed by atoms with Crippen LogP contribution in [0.15, 0.2) is 73.1 Å². The zero-order valence-corrected chi connectivity index (χ0v) is 10.8. The van der Waals surface area contributed by atoms with Crippen LogP contribution in [0, 0.1) is 0 Å². The molecule has 0 atom stereocenters. The predicted octanol–water partition coefficient (Wildman–Crippen LogP) is 4.45. The van der Waals surface area contributed by atoms with Gasteiger partial charge in [-0.2, -0.15) is 0 Å². The van der Waals surface area contributed by atoms with Crippen LogP contribution < -0.4 is 0 Å². The van der Waals surface area contributed by atoms with Gasteiger partial charge in [0, 0.05) is 28.7 Å². The van der Waals surface area contributed by atoms with Crippen LogP contribution >= 0.6 is 0 Å². The van der Waals surface area contributed by atoms with Crippen LogP contribution in [-0.2, 0) is 0 Å². The molecule has 2 aromatic heterocycles. The Labute approximate surface area is 116 Å². The van der Waals surface area contributed by atoms with Gasteiger partial charge >= 0.3 is 0 Å². The van der Waals surface area contributed by atoms with Crippen molar-refractivity contribution in [2.45, 2.75) is 0 Å². The fraction of sp³-hybridized carbons (Fsp3) is 0. The third-order valence-electron chi connectivity index (χ3n) is 3.53. The number of nitrogens with zero attached hydrogens (tertiary/aromatic N) is 2. The minimum atomic E-state index is 0.961. The summed E-state index contributed by atoms with van der Waals surface area (Å²) in [6.45, 7) is 0. The lowest BCUT2D eigenvalue weighted by atomic mass is 10.0. The first-order chi connectivity index (χ1) is 9.92. The van der Waals surface area contributed by atoms with Crippen LogP contribution in [0.3, 0.4) is 0 Å². The molecule has 0 unspecified atom stereocenters. The molecule has 0 amide bonds. The van der Waals surface area contributed by atoms with Gasteiger partial charge in [-0.1, -0.05) is 48.5 Å². The van der Waals surface area contributed by atoms with Crippen LogP contribution in [0.1, 0.15) is 0 Å². The summed E-state index contributed by atoms with van der Waals surface area (Å²) in [4.78, 5) is 9.07. The van der Waals surface area contributed by atoms with Gasteiger partial charge in [0.25, 0.3) is 0 Å². The molecule has 0 saturated heterocycles. The highest BCUT2D eigenvalue weighted by Crippen LogP contribution is 2.26. The molecule has 0 bridgehead atoms. The molecule has 0 radical (unpaired) electrons. The molecule has 94 valence electrons. The van der Waals surface area contributed by atoms with E-state index in [0.717, 1.165) is 27.4 Å². The van der Waals surface area contributed by atoms with E-state index in [9.17, 15) is 0 Å². The van der Waals surface area contributed by atoms with E-state index in [2.05, 4.69) is 46.4 Å². The third kappa shape index (κ3) is 1.74. The Kier molecular flexibility index (Phi) is 2.46. The van der Waals surface area contributed by atoms with Gasteiger partial charge in [-0.15, -0.1) is 0 Å². The maximum absolute atomic E-state index is 4.62. The molecule has 2 nitrogen and oxygen atoms in total. The monoisotopic (exact) mass is 256 g/mol. The number of aromatic nitrogens is 2. The predicted molar refractivity (Wildman–Crippen MR) is 82.5 cm³/mol. The van der Waals surface area contributed by atoms with E-state index < -0.39 is 0 Å². The van der Waals surface area contributed by atoms with Crippen molar-refractivity contribution in [3.05, 3.63) is 73.1 Å². The van der Waals surface area contributed by atoms with E-state index in [1.165, 1.54) is 5.56 Å². The SMILES string of the molecule is c1ccc(-c2cnc3c(ccc4cccnc43)c2)cc1. The number of hydrogen-bond acceptors (Lipinski definition) is 2. The topological polar surface area (TPSA) is 25.8 Å². The van der Waals surface area contributed by atoms with Crippen molar-refractivity contribution in [2.24, 2.45) is 0 Å². The van der Waals surface area contributed by atoms with Crippen molar-refractivity contribution < 1.29 is 0 Å². The Morgan fingerprint density at radius 1 is 0.600 bits per heavy atom. The fourth-order valence-corrected chi connectivity index (χ4v) is 2.52. The van der Waals surface area contributed by atoms with Crippen LogP contribution in [0.2, 0.25) is 0 Å². The lowest BCUT2D eigenvalue weighted by Crippen LogP contribution is -1.86. The van der Waals surface area contributed by atoms with Crippen molar-refractivity contribution in [1.82, 2.24) is 9.97 Å². The quantitative estimate of drug-likeness (QED) is 0.470. The highest BCUT2D eigenvalue weighted by atomic mass is 14.7. The van der Waals surface area contributed by atoms with Gasteiger partial charge < -0.3 is 0 Å². The fourth-order valence-electron chi connectivity index (χ4n) is 2.52. The zero-order valence-electron chi connectivity index (χ0n) is 10.8. The molecule has 4 rings (SSSR count). The molecule has 0 aliphatic carbocycles. The van der Waals surface area contributed by atoms with E-state index in [1.807, 2.05) is 36.7 Å². The summed E-state index contributed by atoms with van der Waals surface area (Å²) in [5.74, 6) is 0. The summed E-state index contributed by atoms with van der Waals surface area (Å²) < 4.78 is 0. The molecule has 0 spiro atoms. The summed E-state index contributed by atoms with van der Waals surface area (Å²) in [7, 11) is 0. The smallest absolute Gasteiger partial charge is 0.0964 e. The molecular weight excluding hydrogens is 244 g/mol. The molecule has 0 aliphatic heterocycles. The highest BCUT2D eigenvalue weighted by molar-refractivity contribution is 6.03. The molecular formula is C18H12N2. The first-order valence-electron chi connectivity index (χ1n) is 6.61. The average molecular weight is 256 g/mol. The van der Waals surface area contributed by atoms with Gasteiger partial charge in [-0.05, 0) is 17.7 Å². The van der Waals surface area contributed by atoms with Gasteiger partial charge in [0.2, 0.25) is 0 Å². The Morgan fingerprint density at radius 2 is 1.40 bits per heavy atom. The van der Waals surface area contributed by atoms with Crippen molar-refractivity contribution in [1.29, 1.82) is 0 Å². The van der Waals surface area contributed by atoms with Gasteiger partial charge in [0.05, 0.1) is 11.0 Å². The highest BCUT2D eigenvalue weighted by Gasteiger charge is 2.04. The second-order valence-electron chi connectivity index (χ2n) is 4.80. The lowest BCUT2D eigenvalue weighted by Gasteiger charge is -2.05. The third-order valence-corrected chi connectivity index (χ3v) is 3.53. The summed E-state index contributed by atoms with van der Waals surface area (Å²) >= 11 is 0. The number of rotatable bonds is 1. The maximum Gasteiger partial charge on any atom is 0.0964 e. The normalized spacial score (nSPS) is 11.0. The molecule has 2 heteroatoms. The van der Waals surface area contributed by atoms with Gasteiger partial charge in [0.15, 0.2) is 0 Å². The number of benzene rings is 2. The van der Waals surface area contributed by atoms with Crippen LogP contribution in [-0.4, -0.2) is 9.97 Å². The first-order valence-corrected chi connectivity index (χ1v) is 6.61. The minimum Gasteiger partial charge on any atom is -0.254 e. The molecule has 2 heterocycles. The Bertz CT molecular complexity index is 899. The Balaban J connectivity index is 1.99. The van der Waals surface area contributed by atoms with Gasteiger partial charge in [0.1, 0.15) is 0 Å². The molecule has 0 saturated carbocycles. The van der Waals surface area contributed by atoms with E-state index >= 15 is 0 Å². The Morgan fingerprint density at radius 3 is 2.30 bits per heavy atom. The maximum atomic E-state index is 4.62. The average Bonchev–Trinajstić information content (AvgIpc) is 2.55. The minimum absolute atomic E-state index is 0.961. The first kappa shape index (κ1) is 11.1. The summed E-state index contributed by atoms with van der Waals surface area (Å²) in [5, 5.41) is 2.25. The van der Waals surface area contributed by atoms with Crippen molar-refractivity contribution >= 4 is 21.8 Å². The molecule has 20 heavy (non-hydrogen) atoms. The van der Waals surface area contributed by atoms with Crippen LogP contribution in [0.5, 0.6) is 0 Å². The Hall–Kier alpha value is -2.74. The number of pyridine rings is 2. The molecule has 4 aromatic rings. The molecule has 2 aromatic carbocycles. The second-order valence-corrected chi connectivity index (χ2v) is 4.80. The summed E-state index contributed by atoms with van der Waals surface area (Å²) in [6, 6.07) is 20.7. The van der Waals surface area contributed by atoms with Crippen LogP contribution in [0.25, 0.3) is 32.9 Å². The van der Waals surface area contributed by atoms with Crippen molar-refractivity contribution in [3.63, 3.8) is 0 Å². The molecule has 0 fully saturated rings. The summed E-state index contributed by atoms with van der Waals surface area (Å²) in [5.41, 5.74) is 4.24. The van der Waals surface area contributed by atoms with Crippen molar-refractivity contribution in [2.75, 3.05) is 0 Å². The van der Waals surface area contributed by atoms with Gasteiger partial charge in [-0.25, -0.2) is 0 Å². The standard InChI is InChI=1S/C18H12N2/c1-2-5-13(6-3-1)16-11-15-9-8-14-7-4-10-19-17(14)18(15)20-12-16/h1-12H. The second kappa shape index (κ2) is 4.42. The number of fused-ring (bicyclic) bond motifs is 3. The number of hydrogen-bond donors (Lipinski definition) is 0. The largest absolute Gasteiger partial charge is 0.254 e. The van der Waals surface area contributed by atoms with E-state index in [0.29, 0.717) is 0 Å². The van der Waals surface area contributed by atoms with E-state index in [1.54, 1.807) is 0 Å². The van der Waals surface area contributed by atoms with E-state index in [-0.39, 0.29) is 0 Å².